The number of rotatable bonds is 8. The Morgan fingerprint density at radius 2 is 0.250 bits per heavy atom. The Kier molecular flexibility index (Phi) is 18.2. The highest BCUT2D eigenvalue weighted by molar-refractivity contribution is 5.71. The first kappa shape index (κ1) is 71.4. The molecular weight excluding hydrogens is 1390 g/mol. The van der Waals surface area contributed by atoms with Gasteiger partial charge in [-0.05, 0) is 95.9 Å². The Labute approximate surface area is 651 Å². The molecule has 0 fully saturated rings. The number of nitrogens with zero attached hydrogens (tertiary/aromatic N) is 4. The molecule has 12 nitrogen and oxygen atoms in total. The van der Waals surface area contributed by atoms with E-state index in [1.807, 2.05) is 267 Å². The Hall–Kier alpha value is -13.5. The highest BCUT2D eigenvalue weighted by atomic mass is 16.5. The monoisotopic (exact) mass is 1450 g/mol. The van der Waals surface area contributed by atoms with Crippen LogP contribution in [0.15, 0.2) is 267 Å². The van der Waals surface area contributed by atoms with E-state index < -0.39 is 44.8 Å². The molecule has 4 aromatic heterocycles. The molecule has 0 radical (unpaired) electrons. The topological polar surface area (TPSA) is 125 Å². The van der Waals surface area contributed by atoms with E-state index in [0.717, 1.165) is 89.0 Å². The van der Waals surface area contributed by atoms with Gasteiger partial charge in [-0.2, -0.15) is 0 Å². The molecule has 0 saturated carbocycles. The van der Waals surface area contributed by atoms with Crippen LogP contribution >= 0.6 is 0 Å². The van der Waals surface area contributed by atoms with E-state index in [1.165, 1.54) is 0 Å². The molecule has 0 saturated heterocycles. The van der Waals surface area contributed by atoms with Crippen LogP contribution in [0.2, 0.25) is 0 Å². The van der Waals surface area contributed by atoms with E-state index in [9.17, 15) is 0 Å². The van der Waals surface area contributed by atoms with Gasteiger partial charge in [0.2, 0.25) is 0 Å². The van der Waals surface area contributed by atoms with E-state index in [-0.39, 0.29) is 0 Å². The third-order valence-electron chi connectivity index (χ3n) is 21.9. The summed E-state index contributed by atoms with van der Waals surface area (Å²) in [5.74, 6) is 56.1. The largest absolute Gasteiger partial charge is 0.357 e. The van der Waals surface area contributed by atoms with Crippen molar-refractivity contribution in [1.29, 1.82) is 0 Å². The van der Waals surface area contributed by atoms with Crippen molar-refractivity contribution in [2.45, 2.75) is 44.8 Å². The minimum absolute atomic E-state index is 0.455. The predicted molar refractivity (Wildman–Crippen MR) is 426 cm³/mol. The zero-order chi connectivity index (χ0) is 76.8. The minimum atomic E-state index is -1.33. The number of hydrogen-bond donors (Lipinski definition) is 0. The van der Waals surface area contributed by atoms with Gasteiger partial charge in [0.05, 0.1) is 0 Å². The van der Waals surface area contributed by atoms with Crippen LogP contribution in [-0.2, 0) is 82.7 Å². The van der Waals surface area contributed by atoms with Crippen molar-refractivity contribution in [2.75, 3.05) is 56.9 Å². The van der Waals surface area contributed by atoms with Crippen LogP contribution < -0.4 is 0 Å². The zero-order valence-corrected chi connectivity index (χ0v) is 62.5. The van der Waals surface area contributed by atoms with Crippen molar-refractivity contribution < 1.29 is 37.9 Å². The van der Waals surface area contributed by atoms with Gasteiger partial charge >= 0.3 is 0 Å². The molecule has 16 bridgehead atoms. The summed E-state index contributed by atoms with van der Waals surface area (Å²) in [6, 6.07) is 85.9. The summed E-state index contributed by atoms with van der Waals surface area (Å²) in [5.41, 5.74) is 4.79. The van der Waals surface area contributed by atoms with E-state index in [0.29, 0.717) is 45.6 Å². The van der Waals surface area contributed by atoms with Gasteiger partial charge < -0.3 is 37.9 Å². The fourth-order valence-electron chi connectivity index (χ4n) is 16.7. The first-order valence-corrected chi connectivity index (χ1v) is 36.3. The molecule has 0 amide bonds. The lowest BCUT2D eigenvalue weighted by molar-refractivity contribution is 0.0329. The molecule has 112 heavy (non-hydrogen) atoms. The quantitative estimate of drug-likeness (QED) is 0.134. The van der Waals surface area contributed by atoms with E-state index in [1.54, 1.807) is 56.9 Å². The third-order valence-corrected chi connectivity index (χ3v) is 21.9. The predicted octanol–water partition coefficient (Wildman–Crippen LogP) is 14.4. The number of hydrogen-bond acceptors (Lipinski definition) is 12. The number of benzene rings is 8. The van der Waals surface area contributed by atoms with Crippen molar-refractivity contribution in [1.82, 2.24) is 19.9 Å². The van der Waals surface area contributed by atoms with Crippen LogP contribution in [0.1, 0.15) is 135 Å². The molecule has 0 atom stereocenters. The maximum absolute atomic E-state index is 6.71. The van der Waals surface area contributed by atoms with Crippen LogP contribution in [0.4, 0.5) is 0 Å². The second-order valence-corrected chi connectivity index (χ2v) is 27.1. The molecule has 5 aliphatic rings. The number of pyridine rings is 4. The van der Waals surface area contributed by atoms with Gasteiger partial charge in [-0.3, -0.25) is 0 Å². The molecule has 536 valence electrons. The summed E-state index contributed by atoms with van der Waals surface area (Å²) in [7, 11) is 13.3. The van der Waals surface area contributed by atoms with Crippen LogP contribution in [0.3, 0.4) is 0 Å². The number of ether oxygens (including phenoxy) is 8. The average molecular weight is 1450 g/mol. The van der Waals surface area contributed by atoms with Crippen molar-refractivity contribution in [3.8, 4) is 94.7 Å². The zero-order valence-electron chi connectivity index (χ0n) is 62.5. The minimum Gasteiger partial charge on any atom is -0.357 e. The molecule has 5 heterocycles. The first-order valence-electron chi connectivity index (χ1n) is 36.3. The molecule has 12 heteroatoms. The van der Waals surface area contributed by atoms with Gasteiger partial charge in [0.1, 0.15) is 45.6 Å². The Bertz CT molecular complexity index is 5100. The molecule has 1 aliphatic heterocycles. The maximum Gasteiger partial charge on any atom is 0.180 e. The SMILES string of the molecule is COC12C#Cc3cccc(n3)C#CC3(OC)c4ccccc4C(OC)(C#Cc4cccc(n4)C#CC4(OC)c5ccccc5C(OC)(C#Cc5cccc(n5)C#CC5(OC)c6ccccc6C(OC)(C#Cc6cccc(n6)C#CC(OC)(c6ccccc61)c1ccccc12)c1ccccc15)c1ccccc14)c1ccccc13. The summed E-state index contributed by atoms with van der Waals surface area (Å²) in [5, 5.41) is 0. The molecule has 8 aromatic carbocycles. The molecule has 0 spiro atoms. The summed E-state index contributed by atoms with van der Waals surface area (Å²) >= 11 is 0. The Balaban J connectivity index is 0.840. The van der Waals surface area contributed by atoms with Crippen molar-refractivity contribution in [3.63, 3.8) is 0 Å². The summed E-state index contributed by atoms with van der Waals surface area (Å²) < 4.78 is 53.7. The highest BCUT2D eigenvalue weighted by Crippen LogP contribution is 2.55. The van der Waals surface area contributed by atoms with Crippen LogP contribution in [0, 0.1) is 94.7 Å². The van der Waals surface area contributed by atoms with Gasteiger partial charge in [-0.25, -0.2) is 19.9 Å². The van der Waals surface area contributed by atoms with Gasteiger partial charge in [-0.1, -0.05) is 266 Å². The fraction of sp³-hybridized carbons (Fsp3) is 0.160. The van der Waals surface area contributed by atoms with Crippen LogP contribution in [0.5, 0.6) is 0 Å². The maximum atomic E-state index is 6.71. The summed E-state index contributed by atoms with van der Waals surface area (Å²) in [4.78, 5) is 20.3. The lowest BCUT2D eigenvalue weighted by Crippen LogP contribution is -2.43. The smallest absolute Gasteiger partial charge is 0.180 e. The van der Waals surface area contributed by atoms with Crippen molar-refractivity contribution >= 4 is 0 Å². The first-order chi connectivity index (χ1) is 54.9. The van der Waals surface area contributed by atoms with Crippen molar-refractivity contribution in [3.05, 3.63) is 401 Å². The normalized spacial score (nSPS) is 23.2. The highest BCUT2D eigenvalue weighted by Gasteiger charge is 2.55. The van der Waals surface area contributed by atoms with Crippen LogP contribution in [-0.4, -0.2) is 76.8 Å². The lowest BCUT2D eigenvalue weighted by atomic mass is 9.67. The summed E-state index contributed by atoms with van der Waals surface area (Å²) in [6.07, 6.45) is 0. The lowest BCUT2D eigenvalue weighted by Gasteiger charge is -2.43. The fourth-order valence-corrected chi connectivity index (χ4v) is 16.7. The van der Waals surface area contributed by atoms with Crippen molar-refractivity contribution in [2.24, 2.45) is 0 Å². The van der Waals surface area contributed by atoms with Crippen LogP contribution in [0.25, 0.3) is 0 Å². The second-order valence-electron chi connectivity index (χ2n) is 27.1. The van der Waals surface area contributed by atoms with E-state index in [4.69, 9.17) is 57.8 Å². The summed E-state index contributed by atoms with van der Waals surface area (Å²) in [6.45, 7) is 0. The standard InChI is InChI=1S/C100H68N4O8/c1-105-93-61-53-69-29-25-30-70(101-69)55-63-95(107-3)81-41-13-15-43-83(81)97(109-5,84-44-16-14-42-82(84)95)65-57-73-33-27-34-74(103-73)59-67-99(111-7)89-49-21-23-51-91(89)100(112-8,92-52-24-22-50-90(92)99)68-60-76-36-28-35-75(104-76)58-66-98(110-6)87-47-19-17-45-85(87)96(108-4,86-46-18-20-48-88(86)98)64-56-72-32-26-31-71(102-72)54-62-94(106-2,79-39-11-9-37-77(79)93)80-40-12-10-38-78(80)93/h9-52H,1-8H3. The molecule has 0 N–H and O–H groups in total. The number of methoxy groups -OCH3 is 8. The van der Waals surface area contributed by atoms with E-state index in [2.05, 4.69) is 94.7 Å². The van der Waals surface area contributed by atoms with Gasteiger partial charge in [0, 0.05) is 146 Å². The van der Waals surface area contributed by atoms with E-state index >= 15 is 0 Å². The molecule has 4 aliphatic carbocycles. The van der Waals surface area contributed by atoms with Gasteiger partial charge in [-0.15, -0.1) is 0 Å². The average Bonchev–Trinajstić information content (AvgIpc) is 0.722. The van der Waals surface area contributed by atoms with Gasteiger partial charge in [0.15, 0.2) is 44.8 Å². The molecule has 17 rings (SSSR count). The third kappa shape index (κ3) is 11.0. The molecule has 12 aromatic rings. The Morgan fingerprint density at radius 3 is 0.339 bits per heavy atom. The van der Waals surface area contributed by atoms with Gasteiger partial charge in [0.25, 0.3) is 0 Å². The number of fused-ring (bicyclic) bond motifs is 20. The molecule has 0 unspecified atom stereocenters. The number of aromatic nitrogens is 4. The molecular formula is C100H68N4O8. The Morgan fingerprint density at radius 1 is 0.152 bits per heavy atom. The second kappa shape index (κ2) is 28.5.